The van der Waals surface area contributed by atoms with Gasteiger partial charge in [-0.1, -0.05) is 44.9 Å². The quantitative estimate of drug-likeness (QED) is 0.302. The normalized spacial score (nSPS) is 11.4. The van der Waals surface area contributed by atoms with Crippen molar-refractivity contribution in [3.05, 3.63) is 51.8 Å². The van der Waals surface area contributed by atoms with E-state index in [0.717, 1.165) is 30.4 Å². The van der Waals surface area contributed by atoms with Gasteiger partial charge in [-0.3, -0.25) is 10.1 Å². The highest BCUT2D eigenvalue weighted by molar-refractivity contribution is 6.06. The van der Waals surface area contributed by atoms with E-state index in [-0.39, 0.29) is 17.0 Å². The topological polar surface area (TPSA) is 145 Å². The van der Waals surface area contributed by atoms with Crippen LogP contribution in [-0.2, 0) is 6.42 Å². The van der Waals surface area contributed by atoms with E-state index >= 15 is 0 Å². The van der Waals surface area contributed by atoms with Crippen LogP contribution in [0.5, 0.6) is 0 Å². The third-order valence-corrected chi connectivity index (χ3v) is 5.64. The zero-order chi connectivity index (χ0) is 27.2. The van der Waals surface area contributed by atoms with Crippen LogP contribution in [0.2, 0.25) is 0 Å². The van der Waals surface area contributed by atoms with E-state index in [1.165, 1.54) is 0 Å². The number of carbonyl (C=O) groups is 2. The van der Waals surface area contributed by atoms with E-state index in [1.807, 2.05) is 34.6 Å². The Morgan fingerprint density at radius 2 is 1.76 bits per heavy atom. The number of unbranched alkanes of at least 4 members (excludes halogenated alkanes) is 2. The molecule has 12 nitrogen and oxygen atoms in total. The summed E-state index contributed by atoms with van der Waals surface area (Å²) >= 11 is 0. The summed E-state index contributed by atoms with van der Waals surface area (Å²) in [5.41, 5.74) is -0.175. The third kappa shape index (κ3) is 6.57. The molecular weight excluding hydrogens is 478 g/mol. The number of nitrogens with zero attached hydrogens (tertiary/aromatic N) is 6. The molecule has 37 heavy (non-hydrogen) atoms. The number of nitrogens with one attached hydrogen (secondary N) is 1. The van der Waals surface area contributed by atoms with Crippen LogP contribution >= 0.6 is 0 Å². The number of imidazole rings is 1. The van der Waals surface area contributed by atoms with Gasteiger partial charge in [-0.05, 0) is 60.6 Å². The third-order valence-electron chi connectivity index (χ3n) is 5.64. The molecule has 2 heterocycles. The second kappa shape index (κ2) is 11.8. The summed E-state index contributed by atoms with van der Waals surface area (Å²) in [4.78, 5) is 56.9. The average molecular weight is 512 g/mol. The van der Waals surface area contributed by atoms with Gasteiger partial charge in [0.25, 0.3) is 11.6 Å². The van der Waals surface area contributed by atoms with Gasteiger partial charge in [-0.25, -0.2) is 9.78 Å². The Hall–Kier alpha value is -4.09. The molecule has 3 rings (SSSR count). The molecule has 3 aromatic rings. The summed E-state index contributed by atoms with van der Waals surface area (Å²) in [7, 11) is 0. The van der Waals surface area contributed by atoms with E-state index in [2.05, 4.69) is 20.3 Å². The monoisotopic (exact) mass is 511 g/mol. The highest BCUT2D eigenvalue weighted by Crippen LogP contribution is 2.25. The highest BCUT2D eigenvalue weighted by Gasteiger charge is 2.32. The zero-order valence-corrected chi connectivity index (χ0v) is 21.9. The Morgan fingerprint density at radius 1 is 1.08 bits per heavy atom. The van der Waals surface area contributed by atoms with Crippen molar-refractivity contribution in [3.63, 3.8) is 0 Å². The van der Waals surface area contributed by atoms with Crippen LogP contribution in [0.25, 0.3) is 11.2 Å². The molecular formula is C25H33N7O5. The van der Waals surface area contributed by atoms with Gasteiger partial charge in [0.15, 0.2) is 11.3 Å². The predicted molar refractivity (Wildman–Crippen MR) is 138 cm³/mol. The van der Waals surface area contributed by atoms with E-state index in [1.54, 1.807) is 35.2 Å². The van der Waals surface area contributed by atoms with E-state index in [4.69, 9.17) is 4.84 Å². The lowest BCUT2D eigenvalue weighted by Crippen LogP contribution is -2.49. The Labute approximate surface area is 215 Å². The van der Waals surface area contributed by atoms with Crippen molar-refractivity contribution in [3.8, 4) is 0 Å². The van der Waals surface area contributed by atoms with E-state index in [9.17, 15) is 19.7 Å². The molecule has 0 aliphatic carbocycles. The van der Waals surface area contributed by atoms with E-state index in [0.29, 0.717) is 24.4 Å². The molecule has 0 bridgehead atoms. The van der Waals surface area contributed by atoms with Crippen molar-refractivity contribution in [1.29, 1.82) is 0 Å². The molecule has 0 aliphatic heterocycles. The van der Waals surface area contributed by atoms with Gasteiger partial charge < -0.3 is 19.9 Å². The molecule has 0 radical (unpaired) electrons. The summed E-state index contributed by atoms with van der Waals surface area (Å²) in [5.74, 6) is -1.07. The van der Waals surface area contributed by atoms with Crippen molar-refractivity contribution in [1.82, 2.24) is 24.6 Å². The van der Waals surface area contributed by atoms with Crippen molar-refractivity contribution in [2.45, 2.75) is 72.3 Å². The number of aromatic nitrogens is 4. The summed E-state index contributed by atoms with van der Waals surface area (Å²) in [6.45, 7) is 10.2. The number of hydrogen-bond donors (Lipinski definition) is 1. The number of aryl methyl sites for hydroxylation is 1. The van der Waals surface area contributed by atoms with Crippen LogP contribution in [0.3, 0.4) is 0 Å². The lowest BCUT2D eigenvalue weighted by Gasteiger charge is -2.34. The smallest absolute Gasteiger partial charge is 0.390 e. The second-order valence-electron chi connectivity index (χ2n) is 9.58. The fraction of sp³-hybridized carbons (Fsp3) is 0.480. The maximum absolute atomic E-state index is 13.3. The summed E-state index contributed by atoms with van der Waals surface area (Å²) < 4.78 is 1.13. The number of nitro groups is 1. The summed E-state index contributed by atoms with van der Waals surface area (Å²) in [6, 6.07) is 8.37. The molecule has 2 amide bonds. The largest absolute Gasteiger partial charge is 0.473 e. The van der Waals surface area contributed by atoms with Crippen LogP contribution in [0, 0.1) is 10.1 Å². The van der Waals surface area contributed by atoms with Crippen LogP contribution in [0.4, 0.5) is 16.6 Å². The molecule has 0 unspecified atom stereocenters. The number of benzene rings is 1. The van der Waals surface area contributed by atoms with Crippen LogP contribution in [0.15, 0.2) is 30.3 Å². The minimum Gasteiger partial charge on any atom is -0.390 e. The predicted octanol–water partition coefficient (Wildman–Crippen LogP) is 4.78. The fourth-order valence-corrected chi connectivity index (χ4v) is 3.64. The molecule has 1 aromatic carbocycles. The number of rotatable bonds is 10. The Balaban J connectivity index is 2.11. The van der Waals surface area contributed by atoms with Gasteiger partial charge in [-0.2, -0.15) is 0 Å². The van der Waals surface area contributed by atoms with Gasteiger partial charge in [0, 0.05) is 24.1 Å². The zero-order valence-electron chi connectivity index (χ0n) is 21.9. The number of hydrogen-bond acceptors (Lipinski definition) is 8. The number of anilines is 1. The lowest BCUT2D eigenvalue weighted by atomic mass is 10.1. The van der Waals surface area contributed by atoms with Crippen LogP contribution in [0.1, 0.15) is 76.5 Å². The van der Waals surface area contributed by atoms with Crippen LogP contribution in [-0.4, -0.2) is 53.6 Å². The number of amides is 2. The van der Waals surface area contributed by atoms with Gasteiger partial charge in [-0.15, -0.1) is 4.73 Å². The van der Waals surface area contributed by atoms with Gasteiger partial charge >= 0.3 is 12.0 Å². The molecule has 0 aliphatic rings. The molecule has 0 saturated heterocycles. The Morgan fingerprint density at radius 3 is 2.35 bits per heavy atom. The first-order valence-corrected chi connectivity index (χ1v) is 12.4. The van der Waals surface area contributed by atoms with Crippen molar-refractivity contribution < 1.29 is 19.3 Å². The van der Waals surface area contributed by atoms with Gasteiger partial charge in [0.05, 0.1) is 0 Å². The maximum atomic E-state index is 13.3. The Kier molecular flexibility index (Phi) is 8.74. The van der Waals surface area contributed by atoms with E-state index < -0.39 is 28.4 Å². The minimum atomic E-state index is -0.773. The Bertz CT molecular complexity index is 1270. The molecule has 2 aromatic heterocycles. The van der Waals surface area contributed by atoms with Gasteiger partial charge in [0.1, 0.15) is 0 Å². The SMILES string of the molecule is CCCCc1nc2c(NC(=O)c3ccccc3)nc([N+](=O)[O-])nc2n1OC(=O)N(CCCC)C(C)(C)C. The molecule has 0 saturated carbocycles. The molecule has 12 heteroatoms. The van der Waals surface area contributed by atoms with Gasteiger partial charge in [0.2, 0.25) is 5.82 Å². The number of carbonyl (C=O) groups excluding carboxylic acids is 2. The first-order valence-electron chi connectivity index (χ1n) is 12.4. The lowest BCUT2D eigenvalue weighted by molar-refractivity contribution is -0.394. The summed E-state index contributed by atoms with van der Waals surface area (Å²) in [5, 5.41) is 14.2. The van der Waals surface area contributed by atoms with Crippen LogP contribution < -0.4 is 10.2 Å². The first kappa shape index (κ1) is 27.5. The maximum Gasteiger partial charge on any atom is 0.473 e. The average Bonchev–Trinajstić information content (AvgIpc) is 3.19. The highest BCUT2D eigenvalue weighted by atomic mass is 16.7. The molecule has 198 valence electrons. The second-order valence-corrected chi connectivity index (χ2v) is 9.58. The molecule has 0 fully saturated rings. The standard InChI is InChI=1S/C25H33N7O5/c1-6-8-15-18-26-19-20(27-22(33)17-13-11-10-12-14-17)28-23(32(35)36)29-21(19)31(18)37-24(34)30(16-9-7-2)25(3,4)5/h10-14H,6-9,15-16H2,1-5H3,(H,27,28,29,33). The minimum absolute atomic E-state index is 0.0751. The molecule has 0 spiro atoms. The van der Waals surface area contributed by atoms with Crippen molar-refractivity contribution >= 4 is 34.9 Å². The fourth-order valence-electron chi connectivity index (χ4n) is 3.64. The summed E-state index contributed by atoms with van der Waals surface area (Å²) in [6.07, 6.45) is 3.02. The molecule has 1 N–H and O–H groups in total. The number of fused-ring (bicyclic) bond motifs is 1. The van der Waals surface area contributed by atoms with Crippen molar-refractivity contribution in [2.75, 3.05) is 11.9 Å². The molecule has 0 atom stereocenters. The first-order chi connectivity index (χ1) is 17.6. The van der Waals surface area contributed by atoms with Crippen molar-refractivity contribution in [2.24, 2.45) is 0 Å².